The van der Waals surface area contributed by atoms with Crippen molar-refractivity contribution >= 4 is 11.8 Å². The zero-order valence-corrected chi connectivity index (χ0v) is 8.64. The first kappa shape index (κ1) is 10.9. The number of rotatable bonds is 4. The van der Waals surface area contributed by atoms with Crippen molar-refractivity contribution in [2.45, 2.75) is 25.5 Å². The van der Waals surface area contributed by atoms with Crippen molar-refractivity contribution in [3.8, 4) is 11.8 Å². The Kier molecular flexibility index (Phi) is 5.45. The van der Waals surface area contributed by atoms with E-state index in [9.17, 15) is 0 Å². The molecular weight excluding hydrogens is 154 g/mol. The van der Waals surface area contributed by atoms with Gasteiger partial charge in [0.2, 0.25) is 0 Å². The minimum absolute atomic E-state index is 0.329. The largest absolute Gasteiger partial charge is 0.305 e. The normalized spacial score (nSPS) is 10.5. The molecule has 0 aliphatic rings. The second-order valence-electron chi connectivity index (χ2n) is 2.99. The van der Waals surface area contributed by atoms with Gasteiger partial charge in [-0.1, -0.05) is 5.92 Å². The maximum Gasteiger partial charge on any atom is 0.0576 e. The molecule has 11 heavy (non-hydrogen) atoms. The fourth-order valence-electron chi connectivity index (χ4n) is 0.587. The summed E-state index contributed by atoms with van der Waals surface area (Å²) in [6, 6.07) is 0. The van der Waals surface area contributed by atoms with Crippen LogP contribution in [0.2, 0.25) is 0 Å². The summed E-state index contributed by atoms with van der Waals surface area (Å²) in [7, 11) is 0. The van der Waals surface area contributed by atoms with Gasteiger partial charge in [0.05, 0.1) is 6.54 Å². The van der Waals surface area contributed by atoms with Crippen molar-refractivity contribution in [3.05, 3.63) is 0 Å². The van der Waals surface area contributed by atoms with Crippen LogP contribution in [0.1, 0.15) is 20.8 Å². The summed E-state index contributed by atoms with van der Waals surface area (Å²) in [5.74, 6) is 5.83. The van der Waals surface area contributed by atoms with Crippen LogP contribution in [0.15, 0.2) is 0 Å². The molecule has 0 aromatic heterocycles. The van der Waals surface area contributed by atoms with Gasteiger partial charge in [-0.25, -0.2) is 0 Å². The Hall–Kier alpha value is -0.130. The maximum atomic E-state index is 3.28. The molecule has 0 heterocycles. The number of hydrogen-bond donors (Lipinski definition) is 1. The first-order valence-electron chi connectivity index (χ1n) is 3.78. The first-order chi connectivity index (χ1) is 5.12. The predicted molar refractivity (Wildman–Crippen MR) is 53.9 cm³/mol. The summed E-state index contributed by atoms with van der Waals surface area (Å²) in [4.78, 5) is 0. The molecule has 64 valence electrons. The van der Waals surface area contributed by atoms with Gasteiger partial charge in [-0.3, -0.25) is 0 Å². The van der Waals surface area contributed by atoms with Gasteiger partial charge in [-0.15, -0.1) is 5.92 Å². The molecule has 0 saturated heterocycles. The van der Waals surface area contributed by atoms with Gasteiger partial charge in [-0.2, -0.15) is 11.8 Å². The summed E-state index contributed by atoms with van der Waals surface area (Å²) < 4.78 is 0.329. The molecule has 0 bridgehead atoms. The number of thioether (sulfide) groups is 1. The van der Waals surface area contributed by atoms with E-state index >= 15 is 0 Å². The molecule has 0 unspecified atom stereocenters. The first-order valence-corrected chi connectivity index (χ1v) is 5.00. The zero-order chi connectivity index (χ0) is 8.74. The van der Waals surface area contributed by atoms with E-state index in [1.54, 1.807) is 0 Å². The Bertz CT molecular complexity index is 153. The fraction of sp³-hybridized carbons (Fsp3) is 0.778. The Morgan fingerprint density at radius 2 is 2.09 bits per heavy atom. The van der Waals surface area contributed by atoms with Crippen molar-refractivity contribution in [3.63, 3.8) is 0 Å². The van der Waals surface area contributed by atoms with Gasteiger partial charge >= 0.3 is 0 Å². The van der Waals surface area contributed by atoms with E-state index in [-0.39, 0.29) is 0 Å². The van der Waals surface area contributed by atoms with Crippen LogP contribution in [0.25, 0.3) is 0 Å². The average molecular weight is 171 g/mol. The van der Waals surface area contributed by atoms with Crippen molar-refractivity contribution in [2.75, 3.05) is 19.3 Å². The molecule has 0 spiro atoms. The van der Waals surface area contributed by atoms with Crippen LogP contribution in [0, 0.1) is 11.8 Å². The molecule has 0 amide bonds. The van der Waals surface area contributed by atoms with E-state index < -0.39 is 0 Å². The van der Waals surface area contributed by atoms with Gasteiger partial charge < -0.3 is 5.32 Å². The molecule has 0 radical (unpaired) electrons. The van der Waals surface area contributed by atoms with E-state index in [4.69, 9.17) is 0 Å². The van der Waals surface area contributed by atoms with E-state index in [0.29, 0.717) is 4.75 Å². The fourth-order valence-corrected chi connectivity index (χ4v) is 0.833. The molecular formula is C9H17NS. The molecule has 1 N–H and O–H groups in total. The standard InChI is InChI=1S/C9H17NS/c1-5-6-7-10-8-9(2,3)11-4/h10H,7-8H2,1-4H3. The van der Waals surface area contributed by atoms with Gasteiger partial charge in [0.25, 0.3) is 0 Å². The van der Waals surface area contributed by atoms with Crippen LogP contribution < -0.4 is 5.32 Å². The van der Waals surface area contributed by atoms with Crippen LogP contribution in [0.3, 0.4) is 0 Å². The van der Waals surface area contributed by atoms with Crippen molar-refractivity contribution in [1.29, 1.82) is 0 Å². The minimum Gasteiger partial charge on any atom is -0.305 e. The van der Waals surface area contributed by atoms with E-state index in [1.165, 1.54) is 0 Å². The summed E-state index contributed by atoms with van der Waals surface area (Å²) in [6.45, 7) is 8.14. The van der Waals surface area contributed by atoms with Gasteiger partial charge in [0, 0.05) is 11.3 Å². The highest BCUT2D eigenvalue weighted by atomic mass is 32.2. The highest BCUT2D eigenvalue weighted by Crippen LogP contribution is 2.19. The molecule has 0 fully saturated rings. The van der Waals surface area contributed by atoms with Gasteiger partial charge in [-0.05, 0) is 27.0 Å². The number of nitrogens with one attached hydrogen (secondary N) is 1. The third-order valence-corrected chi connectivity index (χ3v) is 2.74. The van der Waals surface area contributed by atoms with Crippen LogP contribution in [0.4, 0.5) is 0 Å². The topological polar surface area (TPSA) is 12.0 Å². The van der Waals surface area contributed by atoms with Gasteiger partial charge in [0.15, 0.2) is 0 Å². The van der Waals surface area contributed by atoms with E-state index in [1.807, 2.05) is 18.7 Å². The van der Waals surface area contributed by atoms with Crippen LogP contribution in [-0.2, 0) is 0 Å². The lowest BCUT2D eigenvalue weighted by Gasteiger charge is -2.21. The highest BCUT2D eigenvalue weighted by Gasteiger charge is 2.13. The molecule has 0 saturated carbocycles. The van der Waals surface area contributed by atoms with Crippen molar-refractivity contribution in [2.24, 2.45) is 0 Å². The molecule has 0 aromatic carbocycles. The van der Waals surface area contributed by atoms with E-state index in [0.717, 1.165) is 13.1 Å². The Morgan fingerprint density at radius 3 is 2.55 bits per heavy atom. The Labute approximate surface area is 74.3 Å². The van der Waals surface area contributed by atoms with Crippen LogP contribution in [-0.4, -0.2) is 24.1 Å². The molecule has 2 heteroatoms. The molecule has 0 atom stereocenters. The monoisotopic (exact) mass is 171 g/mol. The van der Waals surface area contributed by atoms with Crippen molar-refractivity contribution < 1.29 is 0 Å². The predicted octanol–water partition coefficient (Wildman–Crippen LogP) is 1.74. The number of hydrogen-bond acceptors (Lipinski definition) is 2. The maximum absolute atomic E-state index is 3.28. The van der Waals surface area contributed by atoms with Crippen LogP contribution >= 0.6 is 11.8 Å². The Balaban J connectivity index is 3.42. The second-order valence-corrected chi connectivity index (χ2v) is 4.51. The summed E-state index contributed by atoms with van der Waals surface area (Å²) in [6.07, 6.45) is 2.13. The summed E-state index contributed by atoms with van der Waals surface area (Å²) in [5.41, 5.74) is 0. The molecule has 0 rings (SSSR count). The molecule has 0 aliphatic carbocycles. The van der Waals surface area contributed by atoms with Gasteiger partial charge in [0.1, 0.15) is 0 Å². The lowest BCUT2D eigenvalue weighted by molar-refractivity contribution is 0.625. The summed E-state index contributed by atoms with van der Waals surface area (Å²) in [5, 5.41) is 3.28. The third kappa shape index (κ3) is 6.28. The Morgan fingerprint density at radius 1 is 1.45 bits per heavy atom. The van der Waals surface area contributed by atoms with Crippen molar-refractivity contribution in [1.82, 2.24) is 5.32 Å². The zero-order valence-electron chi connectivity index (χ0n) is 7.82. The average Bonchev–Trinajstić information content (AvgIpc) is 1.99. The SMILES string of the molecule is CC#CCNCC(C)(C)SC. The molecule has 0 aromatic rings. The minimum atomic E-state index is 0.329. The third-order valence-electron chi connectivity index (χ3n) is 1.49. The second kappa shape index (κ2) is 5.51. The lowest BCUT2D eigenvalue weighted by atomic mass is 10.2. The quantitative estimate of drug-likeness (QED) is 0.511. The smallest absolute Gasteiger partial charge is 0.0576 e. The highest BCUT2D eigenvalue weighted by molar-refractivity contribution is 7.99. The van der Waals surface area contributed by atoms with Crippen LogP contribution in [0.5, 0.6) is 0 Å². The molecule has 1 nitrogen and oxygen atoms in total. The van der Waals surface area contributed by atoms with E-state index in [2.05, 4.69) is 37.3 Å². The summed E-state index contributed by atoms with van der Waals surface area (Å²) >= 11 is 1.87. The lowest BCUT2D eigenvalue weighted by Crippen LogP contribution is -2.32. The molecule has 0 aliphatic heterocycles.